The molecule has 1 aliphatic heterocycles. The molecular formula is C16H16FN3O2S. The molecule has 23 heavy (non-hydrogen) atoms. The number of amides is 2. The Kier molecular flexibility index (Phi) is 4.68. The second-order valence-electron chi connectivity index (χ2n) is 5.20. The highest BCUT2D eigenvalue weighted by Crippen LogP contribution is 2.24. The lowest BCUT2D eigenvalue weighted by atomic mass is 9.99. The van der Waals surface area contributed by atoms with Gasteiger partial charge < -0.3 is 16.0 Å². The SMILES string of the molecule is O=C(CNC(=O)c1cccs1)Nc1ccc2c(c1F)CCNC2. The van der Waals surface area contributed by atoms with Gasteiger partial charge in [0.1, 0.15) is 5.82 Å². The number of carbonyl (C=O) groups excluding carboxylic acids is 2. The van der Waals surface area contributed by atoms with Crippen molar-refractivity contribution in [3.05, 3.63) is 51.5 Å². The van der Waals surface area contributed by atoms with E-state index in [0.29, 0.717) is 23.4 Å². The maximum Gasteiger partial charge on any atom is 0.261 e. The predicted octanol–water partition coefficient (Wildman–Crippen LogP) is 1.90. The van der Waals surface area contributed by atoms with E-state index in [-0.39, 0.29) is 24.0 Å². The number of hydrogen-bond donors (Lipinski definition) is 3. The number of halogens is 1. The van der Waals surface area contributed by atoms with E-state index in [1.54, 1.807) is 23.6 Å². The van der Waals surface area contributed by atoms with Gasteiger partial charge in [-0.25, -0.2) is 4.39 Å². The minimum Gasteiger partial charge on any atom is -0.342 e. The molecular weight excluding hydrogens is 317 g/mol. The lowest BCUT2D eigenvalue weighted by Crippen LogP contribution is -2.33. The third-order valence-corrected chi connectivity index (χ3v) is 4.50. The molecule has 5 nitrogen and oxygen atoms in total. The van der Waals surface area contributed by atoms with Crippen LogP contribution < -0.4 is 16.0 Å². The van der Waals surface area contributed by atoms with Crippen molar-refractivity contribution in [3.8, 4) is 0 Å². The summed E-state index contributed by atoms with van der Waals surface area (Å²) in [6, 6.07) is 6.80. The van der Waals surface area contributed by atoms with E-state index < -0.39 is 5.91 Å². The molecule has 2 amide bonds. The molecule has 2 aromatic rings. The smallest absolute Gasteiger partial charge is 0.261 e. The number of fused-ring (bicyclic) bond motifs is 1. The molecule has 0 radical (unpaired) electrons. The van der Waals surface area contributed by atoms with Crippen LogP contribution in [-0.2, 0) is 17.8 Å². The number of thiophene rings is 1. The standard InChI is InChI=1S/C16H16FN3O2S/c17-15-11-5-6-18-8-10(11)3-4-12(15)20-14(21)9-19-16(22)13-2-1-7-23-13/h1-4,7,18H,5-6,8-9H2,(H,19,22)(H,20,21). The highest BCUT2D eigenvalue weighted by molar-refractivity contribution is 7.12. The van der Waals surface area contributed by atoms with Gasteiger partial charge in [-0.05, 0) is 41.6 Å². The van der Waals surface area contributed by atoms with Crippen LogP contribution in [0.2, 0.25) is 0 Å². The van der Waals surface area contributed by atoms with E-state index in [4.69, 9.17) is 0 Å². The van der Waals surface area contributed by atoms with Crippen LogP contribution in [-0.4, -0.2) is 24.9 Å². The summed E-state index contributed by atoms with van der Waals surface area (Å²) in [5, 5.41) is 9.99. The van der Waals surface area contributed by atoms with Gasteiger partial charge in [0.2, 0.25) is 5.91 Å². The molecule has 0 saturated heterocycles. The maximum absolute atomic E-state index is 14.4. The summed E-state index contributed by atoms with van der Waals surface area (Å²) in [4.78, 5) is 24.2. The van der Waals surface area contributed by atoms with Gasteiger partial charge >= 0.3 is 0 Å². The number of rotatable bonds is 4. The summed E-state index contributed by atoms with van der Waals surface area (Å²) in [6.45, 7) is 1.16. The summed E-state index contributed by atoms with van der Waals surface area (Å²) >= 11 is 1.29. The Morgan fingerprint density at radius 1 is 1.30 bits per heavy atom. The van der Waals surface area contributed by atoms with Crippen LogP contribution in [0.15, 0.2) is 29.6 Å². The molecule has 0 bridgehead atoms. The van der Waals surface area contributed by atoms with E-state index in [1.807, 2.05) is 6.07 Å². The van der Waals surface area contributed by atoms with Crippen LogP contribution in [0.3, 0.4) is 0 Å². The first-order chi connectivity index (χ1) is 11.1. The highest BCUT2D eigenvalue weighted by atomic mass is 32.1. The van der Waals surface area contributed by atoms with Gasteiger partial charge in [0.05, 0.1) is 17.1 Å². The Labute approximate surface area is 136 Å². The van der Waals surface area contributed by atoms with Gasteiger partial charge in [-0.15, -0.1) is 11.3 Å². The molecule has 0 spiro atoms. The number of benzene rings is 1. The fourth-order valence-corrected chi connectivity index (χ4v) is 3.12. The minimum atomic E-state index is -0.456. The van der Waals surface area contributed by atoms with Crippen LogP contribution >= 0.6 is 11.3 Å². The first-order valence-corrected chi connectivity index (χ1v) is 8.15. The number of hydrogen-bond acceptors (Lipinski definition) is 4. The van der Waals surface area contributed by atoms with Crippen molar-refractivity contribution in [2.75, 3.05) is 18.4 Å². The Balaban J connectivity index is 1.61. The fourth-order valence-electron chi connectivity index (χ4n) is 2.48. The van der Waals surface area contributed by atoms with Gasteiger partial charge in [-0.1, -0.05) is 12.1 Å². The van der Waals surface area contributed by atoms with Crippen LogP contribution in [0, 0.1) is 5.82 Å². The fraction of sp³-hybridized carbons (Fsp3) is 0.250. The summed E-state index contributed by atoms with van der Waals surface area (Å²) in [7, 11) is 0. The Morgan fingerprint density at radius 2 is 2.17 bits per heavy atom. The third-order valence-electron chi connectivity index (χ3n) is 3.64. The number of carbonyl (C=O) groups is 2. The summed E-state index contributed by atoms with van der Waals surface area (Å²) < 4.78 is 14.4. The molecule has 3 N–H and O–H groups in total. The summed E-state index contributed by atoms with van der Waals surface area (Å²) in [6.07, 6.45) is 0.597. The molecule has 1 aliphatic rings. The second kappa shape index (κ2) is 6.89. The zero-order valence-electron chi connectivity index (χ0n) is 12.3. The van der Waals surface area contributed by atoms with Crippen LogP contribution in [0.1, 0.15) is 20.8 Å². The predicted molar refractivity (Wildman–Crippen MR) is 87.1 cm³/mol. The molecule has 120 valence electrons. The van der Waals surface area contributed by atoms with Crippen molar-refractivity contribution in [2.45, 2.75) is 13.0 Å². The zero-order chi connectivity index (χ0) is 16.2. The van der Waals surface area contributed by atoms with E-state index >= 15 is 0 Å². The van der Waals surface area contributed by atoms with Crippen LogP contribution in [0.4, 0.5) is 10.1 Å². The van der Waals surface area contributed by atoms with Crippen LogP contribution in [0.5, 0.6) is 0 Å². The largest absolute Gasteiger partial charge is 0.342 e. The number of nitrogens with one attached hydrogen (secondary N) is 3. The lowest BCUT2D eigenvalue weighted by Gasteiger charge is -2.19. The van der Waals surface area contributed by atoms with E-state index in [0.717, 1.165) is 12.1 Å². The van der Waals surface area contributed by atoms with Crippen molar-refractivity contribution in [3.63, 3.8) is 0 Å². The summed E-state index contributed by atoms with van der Waals surface area (Å²) in [5.41, 5.74) is 1.71. The van der Waals surface area contributed by atoms with Crippen molar-refractivity contribution in [1.82, 2.24) is 10.6 Å². The molecule has 0 aliphatic carbocycles. The zero-order valence-corrected chi connectivity index (χ0v) is 13.1. The molecule has 7 heteroatoms. The average Bonchev–Trinajstić information content (AvgIpc) is 3.10. The van der Waals surface area contributed by atoms with Gasteiger partial charge in [0.15, 0.2) is 0 Å². The topological polar surface area (TPSA) is 70.2 Å². The van der Waals surface area contributed by atoms with E-state index in [9.17, 15) is 14.0 Å². The normalized spacial score (nSPS) is 13.3. The maximum atomic E-state index is 14.4. The Bertz CT molecular complexity index is 731. The van der Waals surface area contributed by atoms with E-state index in [1.165, 1.54) is 11.3 Å². The highest BCUT2D eigenvalue weighted by Gasteiger charge is 2.17. The van der Waals surface area contributed by atoms with Gasteiger partial charge in [-0.3, -0.25) is 9.59 Å². The van der Waals surface area contributed by atoms with Crippen molar-refractivity contribution < 1.29 is 14.0 Å². The van der Waals surface area contributed by atoms with Gasteiger partial charge in [0.25, 0.3) is 5.91 Å². The molecule has 0 atom stereocenters. The molecule has 0 fully saturated rings. The van der Waals surface area contributed by atoms with E-state index in [2.05, 4.69) is 16.0 Å². The van der Waals surface area contributed by atoms with Gasteiger partial charge in [0, 0.05) is 6.54 Å². The molecule has 1 aromatic carbocycles. The average molecular weight is 333 g/mol. The third kappa shape index (κ3) is 3.57. The van der Waals surface area contributed by atoms with Gasteiger partial charge in [-0.2, -0.15) is 0 Å². The first kappa shape index (κ1) is 15.6. The lowest BCUT2D eigenvalue weighted by molar-refractivity contribution is -0.115. The molecule has 2 heterocycles. The molecule has 1 aromatic heterocycles. The van der Waals surface area contributed by atoms with Crippen molar-refractivity contribution in [2.24, 2.45) is 0 Å². The molecule has 3 rings (SSSR count). The Hall–Kier alpha value is -2.25. The quantitative estimate of drug-likeness (QED) is 0.800. The van der Waals surface area contributed by atoms with Crippen molar-refractivity contribution >= 4 is 28.8 Å². The second-order valence-corrected chi connectivity index (χ2v) is 6.15. The first-order valence-electron chi connectivity index (χ1n) is 7.27. The number of anilines is 1. The summed E-state index contributed by atoms with van der Waals surface area (Å²) in [5.74, 6) is -1.16. The molecule has 0 unspecified atom stereocenters. The minimum absolute atomic E-state index is 0.154. The monoisotopic (exact) mass is 333 g/mol. The van der Waals surface area contributed by atoms with Crippen LogP contribution in [0.25, 0.3) is 0 Å². The molecule has 0 saturated carbocycles. The van der Waals surface area contributed by atoms with Crippen molar-refractivity contribution in [1.29, 1.82) is 0 Å². The Morgan fingerprint density at radius 3 is 2.96 bits per heavy atom.